The lowest BCUT2D eigenvalue weighted by Gasteiger charge is -2.06. The van der Waals surface area contributed by atoms with Gasteiger partial charge in [-0.2, -0.15) is 0 Å². The van der Waals surface area contributed by atoms with Crippen LogP contribution in [-0.2, 0) is 6.54 Å². The lowest BCUT2D eigenvalue weighted by Crippen LogP contribution is -2.23. The molecule has 0 bridgehead atoms. The van der Waals surface area contributed by atoms with Gasteiger partial charge >= 0.3 is 0 Å². The lowest BCUT2D eigenvalue weighted by atomic mass is 10.1. The van der Waals surface area contributed by atoms with E-state index in [1.165, 1.54) is 12.1 Å². The van der Waals surface area contributed by atoms with Crippen molar-refractivity contribution < 1.29 is 9.72 Å². The van der Waals surface area contributed by atoms with Crippen molar-refractivity contribution in [1.29, 1.82) is 0 Å². The molecule has 5 nitrogen and oxygen atoms in total. The molecule has 1 N–H and O–H groups in total. The average molecular weight is 335 g/mol. The number of carbonyl (C=O) groups is 1. The third-order valence-corrected chi connectivity index (χ3v) is 3.19. The molecule has 0 unspecified atom stereocenters. The van der Waals surface area contributed by atoms with E-state index in [0.717, 1.165) is 5.56 Å². The third kappa shape index (κ3) is 3.42. The number of hydrogen-bond donors (Lipinski definition) is 1. The van der Waals surface area contributed by atoms with Gasteiger partial charge < -0.3 is 5.32 Å². The van der Waals surface area contributed by atoms with Gasteiger partial charge in [-0.1, -0.05) is 46.3 Å². The molecule has 0 spiro atoms. The summed E-state index contributed by atoms with van der Waals surface area (Å²) < 4.78 is 0.559. The quantitative estimate of drug-likeness (QED) is 0.688. The van der Waals surface area contributed by atoms with E-state index in [0.29, 0.717) is 11.0 Å². The minimum atomic E-state index is -0.567. The van der Waals surface area contributed by atoms with Crippen molar-refractivity contribution in [3.8, 4) is 0 Å². The fraction of sp³-hybridized carbons (Fsp3) is 0.0714. The monoisotopic (exact) mass is 334 g/mol. The highest BCUT2D eigenvalue weighted by Gasteiger charge is 2.20. The van der Waals surface area contributed by atoms with Gasteiger partial charge in [-0.3, -0.25) is 14.9 Å². The topological polar surface area (TPSA) is 72.2 Å². The molecule has 2 aromatic rings. The van der Waals surface area contributed by atoms with Crippen molar-refractivity contribution >= 4 is 27.5 Å². The van der Waals surface area contributed by atoms with Crippen molar-refractivity contribution in [2.45, 2.75) is 6.54 Å². The molecule has 0 radical (unpaired) electrons. The number of rotatable bonds is 4. The van der Waals surface area contributed by atoms with Gasteiger partial charge in [0.15, 0.2) is 0 Å². The maximum Gasteiger partial charge on any atom is 0.283 e. The second-order valence-electron chi connectivity index (χ2n) is 4.09. The molecule has 0 atom stereocenters. The van der Waals surface area contributed by atoms with Crippen LogP contribution in [0, 0.1) is 10.1 Å². The summed E-state index contributed by atoms with van der Waals surface area (Å²) in [5, 5.41) is 13.6. The number of hydrogen-bond acceptors (Lipinski definition) is 3. The minimum Gasteiger partial charge on any atom is -0.348 e. The van der Waals surface area contributed by atoms with Gasteiger partial charge in [0.25, 0.3) is 11.6 Å². The molecule has 20 heavy (non-hydrogen) atoms. The van der Waals surface area contributed by atoms with Gasteiger partial charge in [0.2, 0.25) is 0 Å². The van der Waals surface area contributed by atoms with Crippen LogP contribution in [0.15, 0.2) is 53.0 Å². The van der Waals surface area contributed by atoms with Crippen molar-refractivity contribution in [2.75, 3.05) is 0 Å². The first-order valence-corrected chi connectivity index (χ1v) is 6.63. The summed E-state index contributed by atoms with van der Waals surface area (Å²) in [5.41, 5.74) is 0.764. The van der Waals surface area contributed by atoms with Crippen LogP contribution in [0.1, 0.15) is 15.9 Å². The largest absolute Gasteiger partial charge is 0.348 e. The van der Waals surface area contributed by atoms with Crippen LogP contribution in [-0.4, -0.2) is 10.8 Å². The van der Waals surface area contributed by atoms with E-state index in [4.69, 9.17) is 0 Å². The predicted molar refractivity (Wildman–Crippen MR) is 78.4 cm³/mol. The summed E-state index contributed by atoms with van der Waals surface area (Å²) in [6.45, 7) is 0.326. The van der Waals surface area contributed by atoms with Crippen LogP contribution >= 0.6 is 15.9 Å². The van der Waals surface area contributed by atoms with E-state index in [1.54, 1.807) is 6.07 Å². The lowest BCUT2D eigenvalue weighted by molar-refractivity contribution is -0.385. The highest BCUT2D eigenvalue weighted by atomic mass is 79.9. The Bertz CT molecular complexity index is 644. The van der Waals surface area contributed by atoms with Gasteiger partial charge in [-0.05, 0) is 17.7 Å². The molecular weight excluding hydrogens is 324 g/mol. The average Bonchev–Trinajstić information content (AvgIpc) is 2.45. The standard InChI is InChI=1S/C14H11BrN2O3/c15-11-6-7-12(13(8-11)17(19)20)14(18)16-9-10-4-2-1-3-5-10/h1-8H,9H2,(H,16,18). The molecule has 0 aliphatic carbocycles. The Morgan fingerprint density at radius 2 is 1.90 bits per heavy atom. The second kappa shape index (κ2) is 6.29. The Morgan fingerprint density at radius 1 is 1.20 bits per heavy atom. The number of nitrogens with one attached hydrogen (secondary N) is 1. The Hall–Kier alpha value is -2.21. The zero-order chi connectivity index (χ0) is 14.5. The van der Waals surface area contributed by atoms with Gasteiger partial charge in [0.05, 0.1) is 4.92 Å². The summed E-state index contributed by atoms with van der Waals surface area (Å²) in [4.78, 5) is 22.4. The first-order chi connectivity index (χ1) is 9.58. The molecule has 6 heteroatoms. The molecule has 1 amide bonds. The molecule has 2 rings (SSSR count). The van der Waals surface area contributed by atoms with E-state index < -0.39 is 10.8 Å². The Morgan fingerprint density at radius 3 is 2.55 bits per heavy atom. The summed E-state index contributed by atoms with van der Waals surface area (Å²) in [6, 6.07) is 13.7. The Labute approximate surface area is 123 Å². The van der Waals surface area contributed by atoms with Crippen LogP contribution in [0.2, 0.25) is 0 Å². The number of halogens is 1. The minimum absolute atomic E-state index is 0.0501. The molecule has 0 heterocycles. The van der Waals surface area contributed by atoms with E-state index in [9.17, 15) is 14.9 Å². The molecule has 0 fully saturated rings. The van der Waals surface area contributed by atoms with Gasteiger partial charge in [-0.15, -0.1) is 0 Å². The first kappa shape index (κ1) is 14.2. The van der Waals surface area contributed by atoms with Crippen LogP contribution in [0.3, 0.4) is 0 Å². The molecule has 0 aliphatic rings. The second-order valence-corrected chi connectivity index (χ2v) is 5.00. The molecule has 0 aliphatic heterocycles. The Kier molecular flexibility index (Phi) is 4.47. The van der Waals surface area contributed by atoms with Gasteiger partial charge in [-0.25, -0.2) is 0 Å². The zero-order valence-electron chi connectivity index (χ0n) is 10.4. The first-order valence-electron chi connectivity index (χ1n) is 5.84. The zero-order valence-corrected chi connectivity index (χ0v) is 12.0. The highest BCUT2D eigenvalue weighted by Crippen LogP contribution is 2.23. The Balaban J connectivity index is 2.15. The van der Waals surface area contributed by atoms with Crippen LogP contribution in [0.4, 0.5) is 5.69 Å². The van der Waals surface area contributed by atoms with Gasteiger partial charge in [0, 0.05) is 17.1 Å². The fourth-order valence-corrected chi connectivity index (χ4v) is 2.07. The molecule has 2 aromatic carbocycles. The molecule has 0 saturated carbocycles. The summed E-state index contributed by atoms with van der Waals surface area (Å²) >= 11 is 3.15. The van der Waals surface area contributed by atoms with Crippen LogP contribution in [0.25, 0.3) is 0 Å². The van der Waals surface area contributed by atoms with Crippen molar-refractivity contribution in [3.63, 3.8) is 0 Å². The van der Waals surface area contributed by atoms with E-state index >= 15 is 0 Å². The van der Waals surface area contributed by atoms with Crippen LogP contribution < -0.4 is 5.32 Å². The van der Waals surface area contributed by atoms with Crippen molar-refractivity contribution in [3.05, 3.63) is 74.2 Å². The summed E-state index contributed by atoms with van der Waals surface area (Å²) in [6.07, 6.45) is 0. The summed E-state index contributed by atoms with van der Waals surface area (Å²) in [7, 11) is 0. The number of nitro groups is 1. The highest BCUT2D eigenvalue weighted by molar-refractivity contribution is 9.10. The smallest absolute Gasteiger partial charge is 0.283 e. The normalized spacial score (nSPS) is 10.1. The molecule has 0 saturated heterocycles. The molecule has 102 valence electrons. The van der Waals surface area contributed by atoms with E-state index in [-0.39, 0.29) is 11.3 Å². The maximum absolute atomic E-state index is 12.0. The number of nitro benzene ring substituents is 1. The van der Waals surface area contributed by atoms with Crippen molar-refractivity contribution in [1.82, 2.24) is 5.32 Å². The maximum atomic E-state index is 12.0. The molecule has 0 aromatic heterocycles. The SMILES string of the molecule is O=C(NCc1ccccc1)c1ccc(Br)cc1[N+](=O)[O-]. The number of carbonyl (C=O) groups excluding carboxylic acids is 1. The number of amides is 1. The van der Waals surface area contributed by atoms with E-state index in [2.05, 4.69) is 21.2 Å². The summed E-state index contributed by atoms with van der Waals surface area (Å²) in [5.74, 6) is -0.465. The number of benzene rings is 2. The van der Waals surface area contributed by atoms with Crippen molar-refractivity contribution in [2.24, 2.45) is 0 Å². The number of nitrogens with zero attached hydrogens (tertiary/aromatic N) is 1. The molecular formula is C14H11BrN2O3. The van der Waals surface area contributed by atoms with E-state index in [1.807, 2.05) is 30.3 Å². The van der Waals surface area contributed by atoms with Gasteiger partial charge in [0.1, 0.15) is 5.56 Å². The predicted octanol–water partition coefficient (Wildman–Crippen LogP) is 3.29. The van der Waals surface area contributed by atoms with Crippen LogP contribution in [0.5, 0.6) is 0 Å². The third-order valence-electron chi connectivity index (χ3n) is 2.70. The fourth-order valence-electron chi connectivity index (χ4n) is 1.72.